The number of likely N-dealkylation sites (tertiary alicyclic amines) is 1. The Morgan fingerprint density at radius 2 is 2.08 bits per heavy atom. The van der Waals surface area contributed by atoms with E-state index in [0.29, 0.717) is 11.8 Å². The maximum absolute atomic E-state index is 4.09. The summed E-state index contributed by atoms with van der Waals surface area (Å²) in [7, 11) is 0. The molecule has 0 spiro atoms. The Kier molecular flexibility index (Phi) is 2.61. The summed E-state index contributed by atoms with van der Waals surface area (Å²) in [5, 5.41) is 0. The number of rotatable bonds is 2. The van der Waals surface area contributed by atoms with Crippen LogP contribution in [0.3, 0.4) is 0 Å². The molecular formula is C11H19N. The Morgan fingerprint density at radius 1 is 1.50 bits per heavy atom. The van der Waals surface area contributed by atoms with Gasteiger partial charge in [0.05, 0.1) is 0 Å². The Morgan fingerprint density at radius 3 is 2.42 bits per heavy atom. The van der Waals surface area contributed by atoms with Gasteiger partial charge >= 0.3 is 0 Å². The molecule has 1 unspecified atom stereocenters. The van der Waals surface area contributed by atoms with Gasteiger partial charge < -0.3 is 4.90 Å². The minimum atomic E-state index is 0.594. The van der Waals surface area contributed by atoms with Crippen LogP contribution in [0.5, 0.6) is 0 Å². The van der Waals surface area contributed by atoms with Gasteiger partial charge in [-0.2, -0.15) is 0 Å². The summed E-state index contributed by atoms with van der Waals surface area (Å²) in [6.45, 7) is 15.9. The van der Waals surface area contributed by atoms with Crippen molar-refractivity contribution >= 4 is 0 Å². The Bertz CT molecular complexity index is 203. The van der Waals surface area contributed by atoms with Crippen molar-refractivity contribution in [1.82, 2.24) is 4.90 Å². The molecule has 68 valence electrons. The molecule has 1 heteroatoms. The summed E-state index contributed by atoms with van der Waals surface area (Å²) in [6, 6.07) is 0. The van der Waals surface area contributed by atoms with Crippen molar-refractivity contribution in [2.75, 3.05) is 6.54 Å². The molecule has 1 atom stereocenters. The lowest BCUT2D eigenvalue weighted by molar-refractivity contribution is 0.386. The van der Waals surface area contributed by atoms with Gasteiger partial charge in [-0.15, -0.1) is 0 Å². The van der Waals surface area contributed by atoms with Crippen LogP contribution in [-0.4, -0.2) is 11.4 Å². The molecule has 0 saturated carbocycles. The summed E-state index contributed by atoms with van der Waals surface area (Å²) in [5.74, 6) is 1.28. The average Bonchev–Trinajstić information content (AvgIpc) is 2.16. The molecule has 1 heterocycles. The molecule has 0 aromatic rings. The summed E-state index contributed by atoms with van der Waals surface area (Å²) >= 11 is 0. The zero-order valence-electron chi connectivity index (χ0n) is 8.43. The van der Waals surface area contributed by atoms with Crippen LogP contribution in [-0.2, 0) is 0 Å². The molecule has 0 aromatic carbocycles. The second-order valence-electron chi connectivity index (χ2n) is 4.17. The molecule has 12 heavy (non-hydrogen) atoms. The van der Waals surface area contributed by atoms with E-state index < -0.39 is 0 Å². The molecule has 0 aromatic heterocycles. The van der Waals surface area contributed by atoms with Gasteiger partial charge in [0.15, 0.2) is 0 Å². The zero-order chi connectivity index (χ0) is 9.30. The number of hydrogen-bond acceptors (Lipinski definition) is 1. The van der Waals surface area contributed by atoms with E-state index in [4.69, 9.17) is 0 Å². The lowest BCUT2D eigenvalue weighted by Gasteiger charge is -2.23. The number of nitrogens with zero attached hydrogens (tertiary/aromatic N) is 1. The predicted molar refractivity (Wildman–Crippen MR) is 53.6 cm³/mol. The summed E-state index contributed by atoms with van der Waals surface area (Å²) in [6.07, 6.45) is 1.09. The highest BCUT2D eigenvalue weighted by Crippen LogP contribution is 2.33. The first-order valence-corrected chi connectivity index (χ1v) is 4.66. The van der Waals surface area contributed by atoms with Crippen molar-refractivity contribution in [1.29, 1.82) is 0 Å². The average molecular weight is 165 g/mol. The first-order valence-electron chi connectivity index (χ1n) is 4.66. The standard InChI is InChI=1S/C11H19N/c1-8(2)7-12-10(4)6-9(3)11(12)5/h8-9H,4-7H2,1-3H3. The van der Waals surface area contributed by atoms with Crippen LogP contribution >= 0.6 is 0 Å². The quantitative estimate of drug-likeness (QED) is 0.608. The molecule has 1 nitrogen and oxygen atoms in total. The second-order valence-corrected chi connectivity index (χ2v) is 4.17. The lowest BCUT2D eigenvalue weighted by Crippen LogP contribution is -2.21. The van der Waals surface area contributed by atoms with Gasteiger partial charge in [0, 0.05) is 23.9 Å². The summed E-state index contributed by atoms with van der Waals surface area (Å²) < 4.78 is 0. The van der Waals surface area contributed by atoms with Crippen LogP contribution in [0.15, 0.2) is 24.6 Å². The van der Waals surface area contributed by atoms with E-state index in [0.717, 1.165) is 13.0 Å². The van der Waals surface area contributed by atoms with Gasteiger partial charge in [-0.3, -0.25) is 0 Å². The van der Waals surface area contributed by atoms with Gasteiger partial charge in [-0.1, -0.05) is 33.9 Å². The Labute approximate surface area is 75.8 Å². The van der Waals surface area contributed by atoms with Gasteiger partial charge in [-0.05, 0) is 12.3 Å². The van der Waals surface area contributed by atoms with E-state index in [1.54, 1.807) is 0 Å². The molecule has 1 aliphatic heterocycles. The molecule has 0 radical (unpaired) electrons. The van der Waals surface area contributed by atoms with E-state index in [-0.39, 0.29) is 0 Å². The molecular weight excluding hydrogens is 146 g/mol. The summed E-state index contributed by atoms with van der Waals surface area (Å²) in [5.41, 5.74) is 2.48. The smallest absolute Gasteiger partial charge is 0.0247 e. The highest BCUT2D eigenvalue weighted by molar-refractivity contribution is 5.19. The van der Waals surface area contributed by atoms with Crippen LogP contribution < -0.4 is 0 Å². The Hall–Kier alpha value is -0.720. The van der Waals surface area contributed by atoms with Crippen LogP contribution in [0.1, 0.15) is 27.2 Å². The van der Waals surface area contributed by atoms with Gasteiger partial charge in [-0.25, -0.2) is 0 Å². The van der Waals surface area contributed by atoms with Crippen LogP contribution in [0.4, 0.5) is 0 Å². The van der Waals surface area contributed by atoms with Crippen molar-refractivity contribution in [3.63, 3.8) is 0 Å². The van der Waals surface area contributed by atoms with Crippen molar-refractivity contribution in [2.45, 2.75) is 27.2 Å². The van der Waals surface area contributed by atoms with Gasteiger partial charge in [0.25, 0.3) is 0 Å². The van der Waals surface area contributed by atoms with Crippen LogP contribution in [0.25, 0.3) is 0 Å². The van der Waals surface area contributed by atoms with Crippen molar-refractivity contribution in [2.24, 2.45) is 11.8 Å². The Balaban J connectivity index is 2.64. The fraction of sp³-hybridized carbons (Fsp3) is 0.636. The fourth-order valence-corrected chi connectivity index (χ4v) is 1.66. The van der Waals surface area contributed by atoms with Gasteiger partial charge in [0.2, 0.25) is 0 Å². The second kappa shape index (κ2) is 3.34. The van der Waals surface area contributed by atoms with E-state index in [9.17, 15) is 0 Å². The summed E-state index contributed by atoms with van der Waals surface area (Å²) in [4.78, 5) is 2.27. The van der Waals surface area contributed by atoms with Crippen LogP contribution in [0, 0.1) is 11.8 Å². The molecule has 0 amide bonds. The molecule has 1 aliphatic rings. The minimum absolute atomic E-state index is 0.594. The third-order valence-electron chi connectivity index (χ3n) is 2.39. The SMILES string of the molecule is C=C1CC(C)C(=C)N1CC(C)C. The maximum atomic E-state index is 4.09. The van der Waals surface area contributed by atoms with Gasteiger partial charge in [0.1, 0.15) is 0 Å². The molecule has 0 aliphatic carbocycles. The van der Waals surface area contributed by atoms with E-state index in [2.05, 4.69) is 38.8 Å². The first-order chi connectivity index (χ1) is 5.52. The molecule has 0 bridgehead atoms. The third-order valence-corrected chi connectivity index (χ3v) is 2.39. The van der Waals surface area contributed by atoms with Crippen molar-refractivity contribution < 1.29 is 0 Å². The van der Waals surface area contributed by atoms with E-state index in [1.807, 2.05) is 0 Å². The fourth-order valence-electron chi connectivity index (χ4n) is 1.66. The first kappa shape index (κ1) is 9.37. The molecule has 1 fully saturated rings. The minimum Gasteiger partial charge on any atom is -0.349 e. The topological polar surface area (TPSA) is 3.24 Å². The molecule has 0 N–H and O–H groups in total. The van der Waals surface area contributed by atoms with Crippen molar-refractivity contribution in [3.05, 3.63) is 24.6 Å². The number of allylic oxidation sites excluding steroid dienone is 2. The molecule has 1 saturated heterocycles. The highest BCUT2D eigenvalue weighted by Gasteiger charge is 2.25. The van der Waals surface area contributed by atoms with E-state index in [1.165, 1.54) is 11.4 Å². The van der Waals surface area contributed by atoms with Crippen molar-refractivity contribution in [3.8, 4) is 0 Å². The third kappa shape index (κ3) is 1.71. The lowest BCUT2D eigenvalue weighted by atomic mass is 10.1. The predicted octanol–water partition coefficient (Wildman–Crippen LogP) is 3.01. The van der Waals surface area contributed by atoms with E-state index >= 15 is 0 Å². The molecule has 1 rings (SSSR count). The maximum Gasteiger partial charge on any atom is 0.0247 e. The zero-order valence-corrected chi connectivity index (χ0v) is 8.43. The monoisotopic (exact) mass is 165 g/mol. The highest BCUT2D eigenvalue weighted by atomic mass is 15.2. The normalized spacial score (nSPS) is 24.3. The number of hydrogen-bond donors (Lipinski definition) is 0. The largest absolute Gasteiger partial charge is 0.349 e. The van der Waals surface area contributed by atoms with Crippen LogP contribution in [0.2, 0.25) is 0 Å².